The van der Waals surface area contributed by atoms with E-state index in [2.05, 4.69) is 27.2 Å². The number of carbonyl (C=O) groups is 3. The predicted molar refractivity (Wildman–Crippen MR) is 164 cm³/mol. The first-order valence-corrected chi connectivity index (χ1v) is 13.9. The Labute approximate surface area is 256 Å². The van der Waals surface area contributed by atoms with Crippen molar-refractivity contribution in [2.75, 3.05) is 11.9 Å². The first-order chi connectivity index (χ1) is 20.8. The van der Waals surface area contributed by atoms with Gasteiger partial charge < -0.3 is 10.6 Å². The molecule has 1 heterocycles. The van der Waals surface area contributed by atoms with Gasteiger partial charge in [0.15, 0.2) is 5.78 Å². The van der Waals surface area contributed by atoms with Crippen molar-refractivity contribution in [1.82, 2.24) is 5.32 Å². The van der Waals surface area contributed by atoms with E-state index in [1.807, 2.05) is 24.3 Å². The van der Waals surface area contributed by atoms with E-state index < -0.39 is 18.0 Å². The van der Waals surface area contributed by atoms with Crippen LogP contribution < -0.4 is 10.6 Å². The van der Waals surface area contributed by atoms with Crippen molar-refractivity contribution in [1.29, 1.82) is 0 Å². The number of anilines is 1. The van der Waals surface area contributed by atoms with E-state index in [-0.39, 0.29) is 40.9 Å². The number of Topliss-reactive ketones (excluding diaryl/α,β-unsaturated/α-hetero) is 1. The lowest BCUT2D eigenvalue weighted by Gasteiger charge is -2.34. The average Bonchev–Trinajstić information content (AvgIpc) is 3.00. The summed E-state index contributed by atoms with van der Waals surface area (Å²) in [4.78, 5) is 58.7. The van der Waals surface area contributed by atoms with E-state index in [1.165, 1.54) is 12.1 Å². The van der Waals surface area contributed by atoms with Crippen LogP contribution in [0.3, 0.4) is 0 Å². The number of halogens is 2. The maximum atomic E-state index is 13.9. The van der Waals surface area contributed by atoms with Crippen LogP contribution in [0.5, 0.6) is 0 Å². The van der Waals surface area contributed by atoms with Crippen molar-refractivity contribution >= 4 is 58.0 Å². The number of allylic oxidation sites excluding steroid dienone is 1. The van der Waals surface area contributed by atoms with Crippen LogP contribution in [0.25, 0.3) is 0 Å². The number of amides is 3. The van der Waals surface area contributed by atoms with Crippen molar-refractivity contribution in [3.8, 4) is 0 Å². The third kappa shape index (κ3) is 5.59. The molecule has 0 fully saturated rings. The second kappa shape index (κ2) is 11.9. The van der Waals surface area contributed by atoms with Gasteiger partial charge in [0.2, 0.25) is 0 Å². The summed E-state index contributed by atoms with van der Waals surface area (Å²) in [6.45, 7) is 4.08. The molecule has 3 amide bonds. The normalized spacial score (nSPS) is 16.9. The molecule has 1 aliphatic heterocycles. The quantitative estimate of drug-likeness (QED) is 0.127. The molecule has 3 aromatic rings. The molecule has 3 aromatic carbocycles. The third-order valence-electron chi connectivity index (χ3n) is 6.91. The van der Waals surface area contributed by atoms with Crippen LogP contribution in [0.2, 0.25) is 10.0 Å². The van der Waals surface area contributed by atoms with E-state index in [4.69, 9.17) is 33.0 Å². The van der Waals surface area contributed by atoms with E-state index in [1.54, 1.807) is 42.5 Å². The zero-order valence-corrected chi connectivity index (χ0v) is 23.9. The van der Waals surface area contributed by atoms with Gasteiger partial charge in [-0.05, 0) is 42.0 Å². The zero-order chi connectivity index (χ0) is 30.1. The Hall–Kier alpha value is -4.67. The molecule has 0 radical (unpaired) electrons. The number of rotatable bonds is 9. The fourth-order valence-electron chi connectivity index (χ4n) is 5.00. The smallest absolute Gasteiger partial charge is 0.367 e. The molecule has 1 atom stereocenters. The molecule has 11 heteroatoms. The lowest BCUT2D eigenvalue weighted by molar-refractivity contribution is -0.295. The first-order valence-electron chi connectivity index (χ1n) is 13.1. The molecule has 43 heavy (non-hydrogen) atoms. The molecule has 0 aromatic heterocycles. The summed E-state index contributed by atoms with van der Waals surface area (Å²) in [6.07, 6.45) is 3.23. The highest BCUT2D eigenvalue weighted by Gasteiger charge is 2.42. The number of fused-ring (bicyclic) bond motifs is 2. The molecule has 0 saturated carbocycles. The Bertz CT molecular complexity index is 1830. The number of nitrogens with zero attached hydrogens (tertiary/aromatic N) is 2. The Morgan fingerprint density at radius 2 is 1.72 bits per heavy atom. The number of urea groups is 1. The molecule has 2 N–H and O–H groups in total. The van der Waals surface area contributed by atoms with E-state index in [9.17, 15) is 14.4 Å². The van der Waals surface area contributed by atoms with E-state index >= 15 is 0 Å². The van der Waals surface area contributed by atoms with Crippen LogP contribution in [0.15, 0.2) is 112 Å². The van der Waals surface area contributed by atoms with Crippen LogP contribution in [0.1, 0.15) is 31.8 Å². The van der Waals surface area contributed by atoms with Crippen LogP contribution in [0, 0.1) is 0 Å². The van der Waals surface area contributed by atoms with Crippen LogP contribution in [0.4, 0.5) is 10.5 Å². The van der Waals surface area contributed by atoms with E-state index in [0.29, 0.717) is 38.8 Å². The Morgan fingerprint density at radius 3 is 2.49 bits per heavy atom. The van der Waals surface area contributed by atoms with Crippen LogP contribution in [-0.2, 0) is 16.4 Å². The van der Waals surface area contributed by atoms with Crippen molar-refractivity contribution in [2.45, 2.75) is 12.6 Å². The maximum Gasteiger partial charge on any atom is 0.367 e. The minimum Gasteiger partial charge on any atom is -0.373 e. The van der Waals surface area contributed by atoms with Gasteiger partial charge in [0.25, 0.3) is 5.91 Å². The molecule has 3 aliphatic rings. The largest absolute Gasteiger partial charge is 0.373 e. The summed E-state index contributed by atoms with van der Waals surface area (Å²) >= 11 is 12.4. The van der Waals surface area contributed by atoms with Crippen molar-refractivity contribution in [3.63, 3.8) is 0 Å². The molecular weight excluding hydrogens is 591 g/mol. The second-order valence-electron chi connectivity index (χ2n) is 9.68. The highest BCUT2D eigenvalue weighted by molar-refractivity contribution is 6.45. The minimum atomic E-state index is -0.713. The average molecular weight is 613 g/mol. The Kier molecular flexibility index (Phi) is 7.88. The monoisotopic (exact) mass is 612 g/mol. The first kappa shape index (κ1) is 28.4. The Balaban J connectivity index is 1.39. The van der Waals surface area contributed by atoms with Crippen molar-refractivity contribution in [2.24, 2.45) is 9.98 Å². The van der Waals surface area contributed by atoms with Gasteiger partial charge in [-0.15, -0.1) is 6.58 Å². The fraction of sp³-hybridized carbons (Fsp3) is 0.0938. The summed E-state index contributed by atoms with van der Waals surface area (Å²) < 4.78 is 0. The topological polar surface area (TPSA) is 118 Å². The van der Waals surface area contributed by atoms with Crippen molar-refractivity contribution < 1.29 is 24.2 Å². The predicted octanol–water partition coefficient (Wildman–Crippen LogP) is 6.29. The number of nitrogens with one attached hydrogen (secondary N) is 2. The maximum absolute atomic E-state index is 13.9. The van der Waals surface area contributed by atoms with Crippen LogP contribution in [-0.4, -0.2) is 41.8 Å². The van der Waals surface area contributed by atoms with Gasteiger partial charge >= 0.3 is 6.03 Å². The molecule has 1 unspecified atom stereocenters. The van der Waals surface area contributed by atoms with Crippen molar-refractivity contribution in [3.05, 3.63) is 135 Å². The van der Waals surface area contributed by atoms with Gasteiger partial charge in [0.05, 0.1) is 39.3 Å². The molecule has 9 nitrogen and oxygen atoms in total. The standard InChI is InChI=1S/C32H22Cl2N4O5/c1-2-13-42-43-16-17-7-10-19(11-8-17)35-25-15-24(36-31(40)22-14-18(33)9-12-23(22)34)26-27-28(37-32(41)38-29(25)27)20-5-3-4-6-21(20)30(26)39/h2-12,14-15,25,35H,1,13,16H2,(H,36,40). The number of hydrogen-bond acceptors (Lipinski definition) is 6. The Morgan fingerprint density at radius 1 is 0.953 bits per heavy atom. The molecule has 2 aliphatic carbocycles. The number of aliphatic imine (C=N–C) groups is 2. The minimum absolute atomic E-state index is 0.135. The summed E-state index contributed by atoms with van der Waals surface area (Å²) in [7, 11) is 0. The fourth-order valence-corrected chi connectivity index (χ4v) is 5.38. The lowest BCUT2D eigenvalue weighted by atomic mass is 9.75. The highest BCUT2D eigenvalue weighted by Crippen LogP contribution is 2.37. The number of ketones is 1. The second-order valence-corrected chi connectivity index (χ2v) is 10.5. The lowest BCUT2D eigenvalue weighted by Crippen LogP contribution is -2.44. The van der Waals surface area contributed by atoms with Gasteiger partial charge in [-0.2, -0.15) is 9.98 Å². The van der Waals surface area contributed by atoms with Gasteiger partial charge in [-0.3, -0.25) is 9.59 Å². The van der Waals surface area contributed by atoms with Gasteiger partial charge in [-0.1, -0.05) is 65.7 Å². The summed E-state index contributed by atoms with van der Waals surface area (Å²) in [5, 5.41) is 6.72. The highest BCUT2D eigenvalue weighted by atomic mass is 35.5. The summed E-state index contributed by atoms with van der Waals surface area (Å²) in [6, 6.07) is 17.4. The summed E-state index contributed by atoms with van der Waals surface area (Å²) in [5.41, 5.74) is 3.97. The molecule has 214 valence electrons. The molecule has 6 rings (SSSR count). The molecule has 0 saturated heterocycles. The summed E-state index contributed by atoms with van der Waals surface area (Å²) in [5.74, 6) is -0.900. The van der Waals surface area contributed by atoms with Gasteiger partial charge in [-0.25, -0.2) is 14.6 Å². The van der Waals surface area contributed by atoms with Gasteiger partial charge in [0, 0.05) is 27.4 Å². The molecular formula is C32H22Cl2N4O5. The number of hydrogen-bond donors (Lipinski definition) is 2. The van der Waals surface area contributed by atoms with E-state index in [0.717, 1.165) is 5.56 Å². The number of benzene rings is 3. The number of carbonyl (C=O) groups excluding carboxylic acids is 3. The van der Waals surface area contributed by atoms with Crippen LogP contribution >= 0.6 is 23.2 Å². The SMILES string of the molecule is C=CCOOCc1ccc(NC2C=C(NC(=O)c3cc(Cl)ccc3Cl)C3=C4C(=NC(=O)N=C42)c2ccccc2C3=O)cc1. The third-order valence-corrected chi connectivity index (χ3v) is 7.47. The zero-order valence-electron chi connectivity index (χ0n) is 22.4. The molecule has 0 bridgehead atoms. The van der Waals surface area contributed by atoms with Gasteiger partial charge in [0.1, 0.15) is 13.2 Å². The molecule has 0 spiro atoms.